The number of rotatable bonds is 5. The first kappa shape index (κ1) is 33.3. The quantitative estimate of drug-likeness (QED) is 0.240. The van der Waals surface area contributed by atoms with Gasteiger partial charge in [-0.05, 0) is 75.8 Å². The molecule has 10 rings (SSSR count). The van der Waals surface area contributed by atoms with E-state index >= 15 is 0 Å². The molecule has 2 aromatic heterocycles. The molecule has 0 fully saturated rings. The van der Waals surface area contributed by atoms with Gasteiger partial charge in [0.15, 0.2) is 0 Å². The third-order valence-electron chi connectivity index (χ3n) is 12.3. The molecule has 0 radical (unpaired) electrons. The molecule has 0 spiro atoms. The molecule has 10 aromatic rings. The molecule has 0 saturated heterocycles. The van der Waals surface area contributed by atoms with E-state index in [0.29, 0.717) is 0 Å². The Balaban J connectivity index is 1.22. The van der Waals surface area contributed by atoms with E-state index in [4.69, 9.17) is 0 Å². The van der Waals surface area contributed by atoms with Crippen LogP contribution in [0, 0.1) is 0 Å². The maximum Gasteiger partial charge on any atom is 0.141 e. The zero-order valence-corrected chi connectivity index (χ0v) is 32.0. The molecule has 2 heterocycles. The van der Waals surface area contributed by atoms with Crippen molar-refractivity contribution in [2.75, 3.05) is 0 Å². The first-order valence-electron chi connectivity index (χ1n) is 19.3. The molecule has 0 aliphatic carbocycles. The van der Waals surface area contributed by atoms with Gasteiger partial charge < -0.3 is 9.13 Å². The zero-order chi connectivity index (χ0) is 37.4. The Morgan fingerprint density at radius 1 is 0.309 bits per heavy atom. The maximum atomic E-state index is 2.51. The molecule has 0 N–H and O–H groups in total. The number of para-hydroxylation sites is 2. The van der Waals surface area contributed by atoms with Gasteiger partial charge in [0.05, 0.1) is 22.1 Å². The lowest BCUT2D eigenvalue weighted by molar-refractivity contribution is 1.18. The van der Waals surface area contributed by atoms with E-state index in [1.54, 1.807) is 0 Å². The van der Waals surface area contributed by atoms with Gasteiger partial charge in [-0.15, -0.1) is 5.46 Å². The Morgan fingerprint density at radius 3 is 1.36 bits per heavy atom. The Bertz CT molecular complexity index is 3060. The molecular weight excluding hydrogens is 659 g/mol. The Kier molecular flexibility index (Phi) is 7.82. The van der Waals surface area contributed by atoms with E-state index in [1.165, 1.54) is 110 Å². The van der Waals surface area contributed by atoms with Crippen LogP contribution in [0.25, 0.3) is 88.4 Å². The van der Waals surface area contributed by atoms with E-state index in [1.807, 2.05) is 0 Å². The highest BCUT2D eigenvalue weighted by Crippen LogP contribution is 2.43. The fourth-order valence-corrected chi connectivity index (χ4v) is 9.14. The van der Waals surface area contributed by atoms with Crippen LogP contribution in [0.5, 0.6) is 0 Å². The van der Waals surface area contributed by atoms with E-state index in [2.05, 4.69) is 212 Å². The summed E-state index contributed by atoms with van der Waals surface area (Å²) in [6.07, 6.45) is 0. The van der Waals surface area contributed by atoms with Gasteiger partial charge in [0.25, 0.3) is 0 Å². The van der Waals surface area contributed by atoms with Crippen LogP contribution in [0.15, 0.2) is 164 Å². The third-order valence-corrected chi connectivity index (χ3v) is 12.3. The van der Waals surface area contributed by atoms with E-state index < -0.39 is 0 Å². The fraction of sp³-hybridized carbons (Fsp3) is 0. The van der Waals surface area contributed by atoms with Gasteiger partial charge in [-0.1, -0.05) is 143 Å². The van der Waals surface area contributed by atoms with Gasteiger partial charge in [-0.3, -0.25) is 0 Å². The SMILES string of the molecule is Bc1c(B)c(B)c(-n2c3ccccc3c3cc(-n4c5ccccc5c5cc(-c6c(-c7ccccc7)cccc6-c6ccccc6)ccc54)ccc32)c(B)c1B. The first-order chi connectivity index (χ1) is 26.9. The molecule has 0 saturated carbocycles. The highest BCUT2D eigenvalue weighted by molar-refractivity contribution is 6.68. The molecule has 8 aromatic carbocycles. The molecular formula is C48H37B5N2. The van der Waals surface area contributed by atoms with Gasteiger partial charge >= 0.3 is 0 Å². The lowest BCUT2D eigenvalue weighted by Crippen LogP contribution is -2.56. The summed E-state index contributed by atoms with van der Waals surface area (Å²) in [7, 11) is 11.4. The fourth-order valence-electron chi connectivity index (χ4n) is 9.14. The third kappa shape index (κ3) is 5.10. The van der Waals surface area contributed by atoms with Gasteiger partial charge in [0.1, 0.15) is 39.2 Å². The maximum absolute atomic E-state index is 2.51. The summed E-state index contributed by atoms with van der Waals surface area (Å²) in [5.41, 5.74) is 21.5. The lowest BCUT2D eigenvalue weighted by atomic mass is 9.61. The monoisotopic (exact) mass is 696 g/mol. The minimum Gasteiger partial charge on any atom is -0.310 e. The van der Waals surface area contributed by atoms with Crippen LogP contribution in [-0.4, -0.2) is 48.4 Å². The topological polar surface area (TPSA) is 9.86 Å². The molecule has 254 valence electrons. The van der Waals surface area contributed by atoms with Crippen LogP contribution in [-0.2, 0) is 0 Å². The minimum absolute atomic E-state index is 1.16. The van der Waals surface area contributed by atoms with Gasteiger partial charge in [0, 0.05) is 32.9 Å². The molecule has 0 atom stereocenters. The zero-order valence-electron chi connectivity index (χ0n) is 32.0. The van der Waals surface area contributed by atoms with Crippen molar-refractivity contribution in [1.82, 2.24) is 9.13 Å². The van der Waals surface area contributed by atoms with Crippen molar-refractivity contribution in [3.05, 3.63) is 164 Å². The summed E-state index contributed by atoms with van der Waals surface area (Å²) in [6, 6.07) is 60.2. The number of fused-ring (bicyclic) bond motifs is 6. The van der Waals surface area contributed by atoms with Crippen molar-refractivity contribution in [2.45, 2.75) is 0 Å². The predicted octanol–water partition coefficient (Wildman–Crippen LogP) is 4.17. The van der Waals surface area contributed by atoms with E-state index in [0.717, 1.165) is 5.69 Å². The standard InChI is InChI=1S/C48H37B5N2/c49-43-44(50)46(52)48(47(53)45(43)51)55-39-21-10-8-17-35(39)37-27-31(23-25-41(37)55)54-38-20-9-7-16-34(38)36-26-30(22-24-40(36)54)42-32(28-12-3-1-4-13-28)18-11-19-33(42)29-14-5-2-6-15-29/h1-27H,49-53H2. The van der Waals surface area contributed by atoms with Gasteiger partial charge in [0.2, 0.25) is 0 Å². The van der Waals surface area contributed by atoms with Crippen molar-refractivity contribution in [3.8, 4) is 44.8 Å². The average molecular weight is 696 g/mol. The van der Waals surface area contributed by atoms with Crippen molar-refractivity contribution >= 4 is 110 Å². The highest BCUT2D eigenvalue weighted by atomic mass is 15.0. The largest absolute Gasteiger partial charge is 0.310 e. The number of hydrogen-bond acceptors (Lipinski definition) is 0. The first-order valence-corrected chi connectivity index (χ1v) is 19.3. The minimum atomic E-state index is 1.16. The lowest BCUT2D eigenvalue weighted by Gasteiger charge is -2.22. The summed E-state index contributed by atoms with van der Waals surface area (Å²) in [6.45, 7) is 0. The normalized spacial score (nSPS) is 11.6. The van der Waals surface area contributed by atoms with Crippen LogP contribution in [0.1, 0.15) is 0 Å². The van der Waals surface area contributed by atoms with Crippen LogP contribution in [0.4, 0.5) is 0 Å². The number of benzene rings is 8. The number of aromatic nitrogens is 2. The van der Waals surface area contributed by atoms with E-state index in [-0.39, 0.29) is 0 Å². The molecule has 0 aliphatic heterocycles. The van der Waals surface area contributed by atoms with Crippen molar-refractivity contribution in [1.29, 1.82) is 0 Å². The van der Waals surface area contributed by atoms with Gasteiger partial charge in [-0.25, -0.2) is 0 Å². The van der Waals surface area contributed by atoms with E-state index in [9.17, 15) is 0 Å². The van der Waals surface area contributed by atoms with Crippen LogP contribution < -0.4 is 27.3 Å². The predicted molar refractivity (Wildman–Crippen MR) is 252 cm³/mol. The van der Waals surface area contributed by atoms with Crippen molar-refractivity contribution in [2.24, 2.45) is 0 Å². The van der Waals surface area contributed by atoms with Gasteiger partial charge in [-0.2, -0.15) is 0 Å². The summed E-state index contributed by atoms with van der Waals surface area (Å²) < 4.78 is 4.96. The van der Waals surface area contributed by atoms with Crippen molar-refractivity contribution < 1.29 is 0 Å². The molecule has 7 heteroatoms. The Hall–Kier alpha value is -6.32. The summed E-state index contributed by atoms with van der Waals surface area (Å²) >= 11 is 0. The number of nitrogens with zero attached hydrogens (tertiary/aromatic N) is 2. The summed E-state index contributed by atoms with van der Waals surface area (Å²) in [5.74, 6) is 0. The molecule has 0 unspecified atom stereocenters. The number of hydrogen-bond donors (Lipinski definition) is 0. The highest BCUT2D eigenvalue weighted by Gasteiger charge is 2.21. The average Bonchev–Trinajstić information content (AvgIpc) is 3.74. The summed E-state index contributed by atoms with van der Waals surface area (Å²) in [5, 5.41) is 5.02. The Labute approximate surface area is 326 Å². The Morgan fingerprint density at radius 2 is 0.764 bits per heavy atom. The van der Waals surface area contributed by atoms with Crippen LogP contribution in [0.3, 0.4) is 0 Å². The van der Waals surface area contributed by atoms with Crippen LogP contribution in [0.2, 0.25) is 0 Å². The van der Waals surface area contributed by atoms with Crippen LogP contribution >= 0.6 is 0 Å². The van der Waals surface area contributed by atoms with Crippen molar-refractivity contribution in [3.63, 3.8) is 0 Å². The summed E-state index contributed by atoms with van der Waals surface area (Å²) in [4.78, 5) is 0. The second-order valence-corrected chi connectivity index (χ2v) is 15.1. The smallest absolute Gasteiger partial charge is 0.141 e. The second-order valence-electron chi connectivity index (χ2n) is 15.1. The molecule has 2 nitrogen and oxygen atoms in total. The molecule has 0 bridgehead atoms. The molecule has 0 aliphatic rings. The molecule has 0 amide bonds. The second kappa shape index (κ2) is 12.9. The molecule has 55 heavy (non-hydrogen) atoms.